The average molecular weight is 547 g/mol. The molecule has 1 aliphatic rings. The standard InChI is InChI=1S/C27H30N8O3S/c1-6-38-25-21(17(4)35-27-23(16(3)33-35)26(29)31-14-32-27)7-15(2)22(9-28)24(25)18-12-34(13-18)19-8-20(11-30-10-19)39(5,36)37/h7-8,10-11,14,17-18H,6,12-13H2,1-5H3,(H2,29,31,32). The van der Waals surface area contributed by atoms with Crippen molar-refractivity contribution in [2.24, 2.45) is 0 Å². The molecule has 1 fully saturated rings. The molecule has 1 atom stereocenters. The van der Waals surface area contributed by atoms with Gasteiger partial charge in [0.15, 0.2) is 15.5 Å². The number of nitrogen functional groups attached to an aromatic ring is 1. The van der Waals surface area contributed by atoms with Gasteiger partial charge in [-0.15, -0.1) is 0 Å². The first-order valence-corrected chi connectivity index (χ1v) is 14.5. The van der Waals surface area contributed by atoms with E-state index in [0.29, 0.717) is 47.9 Å². The number of aryl methyl sites for hydroxylation is 2. The van der Waals surface area contributed by atoms with E-state index in [1.165, 1.54) is 18.8 Å². The zero-order valence-electron chi connectivity index (χ0n) is 22.5. The average Bonchev–Trinajstić information content (AvgIpc) is 3.21. The van der Waals surface area contributed by atoms with Crippen molar-refractivity contribution in [3.05, 3.63) is 58.8 Å². The number of nitriles is 1. The van der Waals surface area contributed by atoms with Crippen LogP contribution in [0.2, 0.25) is 0 Å². The van der Waals surface area contributed by atoms with Gasteiger partial charge in [0.25, 0.3) is 0 Å². The van der Waals surface area contributed by atoms with E-state index in [1.54, 1.807) is 12.3 Å². The number of nitrogens with zero attached hydrogens (tertiary/aromatic N) is 7. The van der Waals surface area contributed by atoms with Crippen LogP contribution in [0.25, 0.3) is 11.0 Å². The van der Waals surface area contributed by atoms with Crippen LogP contribution in [-0.2, 0) is 9.84 Å². The topological polar surface area (TPSA) is 153 Å². The van der Waals surface area contributed by atoms with Crippen molar-refractivity contribution in [3.8, 4) is 11.8 Å². The van der Waals surface area contributed by atoms with E-state index < -0.39 is 9.84 Å². The van der Waals surface area contributed by atoms with Crippen molar-refractivity contribution < 1.29 is 13.2 Å². The second-order valence-corrected chi connectivity index (χ2v) is 11.9. The van der Waals surface area contributed by atoms with Crippen molar-refractivity contribution >= 4 is 32.4 Å². The summed E-state index contributed by atoms with van der Waals surface area (Å²) >= 11 is 0. The van der Waals surface area contributed by atoms with Crippen molar-refractivity contribution in [3.63, 3.8) is 0 Å². The van der Waals surface area contributed by atoms with Crippen LogP contribution in [-0.4, -0.2) is 59.1 Å². The largest absolute Gasteiger partial charge is 0.493 e. The van der Waals surface area contributed by atoms with Gasteiger partial charge in [0.05, 0.1) is 52.1 Å². The van der Waals surface area contributed by atoms with Crippen LogP contribution in [0.4, 0.5) is 11.5 Å². The SMILES string of the molecule is CCOc1c(C(C)n2nc(C)c3c(N)ncnc32)cc(C)c(C#N)c1C1CN(c2cncc(S(C)(=O)=O)c2)C1. The number of fused-ring (bicyclic) bond motifs is 1. The van der Waals surface area contributed by atoms with Gasteiger partial charge in [-0.25, -0.2) is 23.1 Å². The number of anilines is 2. The summed E-state index contributed by atoms with van der Waals surface area (Å²) in [5.74, 6) is 1.05. The second kappa shape index (κ2) is 9.81. The number of pyridine rings is 1. The van der Waals surface area contributed by atoms with E-state index in [2.05, 4.69) is 25.9 Å². The molecular formula is C27H30N8O3S. The van der Waals surface area contributed by atoms with E-state index in [9.17, 15) is 13.7 Å². The number of hydrogen-bond donors (Lipinski definition) is 1. The summed E-state index contributed by atoms with van der Waals surface area (Å²) in [4.78, 5) is 14.9. The Hall–Kier alpha value is -4.24. The summed E-state index contributed by atoms with van der Waals surface area (Å²) < 4.78 is 32.1. The molecule has 0 spiro atoms. The zero-order valence-corrected chi connectivity index (χ0v) is 23.3. The molecule has 5 rings (SSSR count). The van der Waals surface area contributed by atoms with E-state index >= 15 is 0 Å². The third kappa shape index (κ3) is 4.52. The number of rotatable bonds is 7. The van der Waals surface area contributed by atoms with Gasteiger partial charge in [-0.05, 0) is 45.4 Å². The van der Waals surface area contributed by atoms with Gasteiger partial charge in [0.1, 0.15) is 17.9 Å². The molecule has 0 saturated carbocycles. The molecule has 11 nitrogen and oxygen atoms in total. The minimum absolute atomic E-state index is 0.00279. The fourth-order valence-electron chi connectivity index (χ4n) is 5.23. The zero-order chi connectivity index (χ0) is 28.1. The molecular weight excluding hydrogens is 516 g/mol. The first-order valence-electron chi connectivity index (χ1n) is 12.6. The summed E-state index contributed by atoms with van der Waals surface area (Å²) in [6.45, 7) is 9.35. The first-order chi connectivity index (χ1) is 18.5. The lowest BCUT2D eigenvalue weighted by Crippen LogP contribution is -2.45. The molecule has 0 radical (unpaired) electrons. The Morgan fingerprint density at radius 2 is 1.97 bits per heavy atom. The minimum Gasteiger partial charge on any atom is -0.493 e. The van der Waals surface area contributed by atoms with E-state index in [1.807, 2.05) is 38.4 Å². The van der Waals surface area contributed by atoms with Crippen molar-refractivity contribution in [2.75, 3.05) is 36.6 Å². The van der Waals surface area contributed by atoms with E-state index in [-0.39, 0.29) is 16.9 Å². The lowest BCUT2D eigenvalue weighted by atomic mass is 9.83. The third-order valence-electron chi connectivity index (χ3n) is 7.23. The molecule has 0 aliphatic carbocycles. The Labute approximate surface area is 227 Å². The lowest BCUT2D eigenvalue weighted by molar-refractivity contribution is 0.322. The van der Waals surface area contributed by atoms with E-state index in [4.69, 9.17) is 15.6 Å². The first kappa shape index (κ1) is 26.4. The van der Waals surface area contributed by atoms with Gasteiger partial charge in [-0.1, -0.05) is 0 Å². The maximum atomic E-state index is 12.0. The number of ether oxygens (including phenoxy) is 1. The molecule has 1 unspecified atom stereocenters. The molecule has 1 aromatic carbocycles. The smallest absolute Gasteiger partial charge is 0.177 e. The van der Waals surface area contributed by atoms with Crippen LogP contribution in [0.15, 0.2) is 35.7 Å². The van der Waals surface area contributed by atoms with Gasteiger partial charge in [-0.2, -0.15) is 10.4 Å². The molecule has 0 amide bonds. The van der Waals surface area contributed by atoms with Gasteiger partial charge in [0, 0.05) is 42.6 Å². The highest BCUT2D eigenvalue weighted by molar-refractivity contribution is 7.90. The third-order valence-corrected chi connectivity index (χ3v) is 8.31. The fourth-order valence-corrected chi connectivity index (χ4v) is 5.82. The molecule has 12 heteroatoms. The van der Waals surface area contributed by atoms with Crippen LogP contribution in [0.1, 0.15) is 53.8 Å². The Morgan fingerprint density at radius 1 is 1.23 bits per heavy atom. The molecule has 1 aliphatic heterocycles. The maximum absolute atomic E-state index is 12.0. The summed E-state index contributed by atoms with van der Waals surface area (Å²) in [5, 5.41) is 15.6. The Bertz CT molecular complexity index is 1740. The monoisotopic (exact) mass is 546 g/mol. The van der Waals surface area contributed by atoms with Gasteiger partial charge >= 0.3 is 0 Å². The summed E-state index contributed by atoms with van der Waals surface area (Å²) in [5.41, 5.74) is 11.4. The number of benzene rings is 1. The predicted octanol–water partition coefficient (Wildman–Crippen LogP) is 3.31. The van der Waals surface area contributed by atoms with Gasteiger partial charge in [-0.3, -0.25) is 4.98 Å². The highest BCUT2D eigenvalue weighted by atomic mass is 32.2. The molecule has 2 N–H and O–H groups in total. The highest BCUT2D eigenvalue weighted by Crippen LogP contribution is 2.44. The Balaban J connectivity index is 1.57. The Kier molecular flexibility index (Phi) is 6.64. The van der Waals surface area contributed by atoms with Crippen LogP contribution in [0.5, 0.6) is 5.75 Å². The minimum atomic E-state index is -3.37. The summed E-state index contributed by atoms with van der Waals surface area (Å²) in [6, 6.07) is 5.75. The summed E-state index contributed by atoms with van der Waals surface area (Å²) in [7, 11) is -3.37. The fraction of sp³-hybridized carbons (Fsp3) is 0.370. The molecule has 0 bridgehead atoms. The van der Waals surface area contributed by atoms with Crippen LogP contribution in [0, 0.1) is 25.2 Å². The van der Waals surface area contributed by atoms with Crippen molar-refractivity contribution in [2.45, 2.75) is 44.6 Å². The maximum Gasteiger partial charge on any atom is 0.177 e. The van der Waals surface area contributed by atoms with Crippen LogP contribution in [0.3, 0.4) is 0 Å². The molecule has 39 heavy (non-hydrogen) atoms. The number of hydrogen-bond acceptors (Lipinski definition) is 10. The summed E-state index contributed by atoms with van der Waals surface area (Å²) in [6.07, 6.45) is 5.60. The van der Waals surface area contributed by atoms with Crippen molar-refractivity contribution in [1.82, 2.24) is 24.7 Å². The number of nitrogens with two attached hydrogens (primary N) is 1. The second-order valence-electron chi connectivity index (χ2n) is 9.86. The van der Waals surface area contributed by atoms with Gasteiger partial charge < -0.3 is 15.4 Å². The highest BCUT2D eigenvalue weighted by Gasteiger charge is 2.36. The molecule has 4 aromatic rings. The molecule has 202 valence electrons. The van der Waals surface area contributed by atoms with Crippen molar-refractivity contribution in [1.29, 1.82) is 5.26 Å². The lowest BCUT2D eigenvalue weighted by Gasteiger charge is -2.42. The van der Waals surface area contributed by atoms with E-state index in [0.717, 1.165) is 28.1 Å². The molecule has 4 heterocycles. The number of sulfone groups is 1. The number of aromatic nitrogens is 5. The molecule has 1 saturated heterocycles. The van der Waals surface area contributed by atoms with Gasteiger partial charge in [0.2, 0.25) is 0 Å². The van der Waals surface area contributed by atoms with Crippen LogP contribution >= 0.6 is 0 Å². The Morgan fingerprint density at radius 3 is 2.64 bits per heavy atom. The normalized spacial score (nSPS) is 14.7. The quantitative estimate of drug-likeness (QED) is 0.365. The predicted molar refractivity (Wildman–Crippen MR) is 148 cm³/mol. The van der Waals surface area contributed by atoms with Crippen LogP contribution < -0.4 is 15.4 Å². The molecule has 3 aromatic heterocycles.